The molecular formula is C27H38F3NO5S. The van der Waals surface area contributed by atoms with Gasteiger partial charge in [0.25, 0.3) is 0 Å². The van der Waals surface area contributed by atoms with E-state index in [1.54, 1.807) is 25.3 Å². The predicted molar refractivity (Wildman–Crippen MR) is 137 cm³/mol. The van der Waals surface area contributed by atoms with Gasteiger partial charge in [-0.1, -0.05) is 33.8 Å². The third kappa shape index (κ3) is 8.48. The number of aliphatic hydroxyl groups is 2. The van der Waals surface area contributed by atoms with Gasteiger partial charge >= 0.3 is 12.1 Å². The zero-order valence-corrected chi connectivity index (χ0v) is 23.1. The molecule has 0 saturated carbocycles. The molecule has 10 heteroatoms. The van der Waals surface area contributed by atoms with Crippen molar-refractivity contribution in [1.29, 1.82) is 0 Å². The highest BCUT2D eigenvalue weighted by Crippen LogP contribution is 2.35. The summed E-state index contributed by atoms with van der Waals surface area (Å²) >= 11 is 1.42. The predicted octanol–water partition coefficient (Wildman–Crippen LogP) is 5.81. The number of aliphatic hydroxyl groups excluding tert-OH is 2. The lowest BCUT2D eigenvalue weighted by molar-refractivity contribution is -0.154. The van der Waals surface area contributed by atoms with Crippen molar-refractivity contribution in [2.24, 2.45) is 17.3 Å². The second kappa shape index (κ2) is 12.7. The fourth-order valence-corrected chi connectivity index (χ4v) is 5.08. The molecule has 208 valence electrons. The summed E-state index contributed by atoms with van der Waals surface area (Å²) in [4.78, 5) is 30.3. The molecule has 2 heterocycles. The average molecular weight is 546 g/mol. The normalized spacial score (nSPS) is 30.9. The summed E-state index contributed by atoms with van der Waals surface area (Å²) in [6.07, 6.45) is -5.89. The molecule has 6 nitrogen and oxygen atoms in total. The minimum atomic E-state index is -4.56. The number of aryl methyl sites for hydroxylation is 1. The number of rotatable bonds is 2. The Labute approximate surface area is 220 Å². The maximum Gasteiger partial charge on any atom is 0.412 e. The number of carbonyl (C=O) groups excluding carboxylic acids is 2. The van der Waals surface area contributed by atoms with E-state index in [2.05, 4.69) is 4.98 Å². The largest absolute Gasteiger partial charge is 0.457 e. The van der Waals surface area contributed by atoms with Crippen molar-refractivity contribution in [2.75, 3.05) is 0 Å². The zero-order chi connectivity index (χ0) is 28.1. The molecule has 2 N–H and O–H groups in total. The van der Waals surface area contributed by atoms with Crippen LogP contribution in [-0.2, 0) is 14.3 Å². The highest BCUT2D eigenvalue weighted by Gasteiger charge is 2.42. The van der Waals surface area contributed by atoms with Gasteiger partial charge in [-0.25, -0.2) is 4.98 Å². The maximum atomic E-state index is 13.8. The van der Waals surface area contributed by atoms with Gasteiger partial charge in [-0.3, -0.25) is 9.59 Å². The van der Waals surface area contributed by atoms with Crippen molar-refractivity contribution < 1.29 is 37.7 Å². The summed E-state index contributed by atoms with van der Waals surface area (Å²) in [5.74, 6) is -2.57. The lowest BCUT2D eigenvalue weighted by Crippen LogP contribution is -2.45. The number of alkyl halides is 3. The number of nitrogens with zero attached hydrogens (tertiary/aromatic N) is 1. The molecule has 0 bridgehead atoms. The van der Waals surface area contributed by atoms with Crippen molar-refractivity contribution in [1.82, 2.24) is 4.98 Å². The highest BCUT2D eigenvalue weighted by atomic mass is 32.1. The molecule has 0 spiro atoms. The monoisotopic (exact) mass is 545 g/mol. The van der Waals surface area contributed by atoms with Gasteiger partial charge in [0.1, 0.15) is 11.9 Å². The number of hydrogen-bond donors (Lipinski definition) is 2. The van der Waals surface area contributed by atoms with Gasteiger partial charge in [0.05, 0.1) is 34.7 Å². The van der Waals surface area contributed by atoms with Crippen LogP contribution in [0.2, 0.25) is 0 Å². The first-order valence-corrected chi connectivity index (χ1v) is 13.4. The second-order valence-electron chi connectivity index (χ2n) is 10.6. The molecule has 0 fully saturated rings. The summed E-state index contributed by atoms with van der Waals surface area (Å²) in [5, 5.41) is 24.1. The van der Waals surface area contributed by atoms with Gasteiger partial charge in [0, 0.05) is 23.3 Å². The zero-order valence-electron chi connectivity index (χ0n) is 22.3. The van der Waals surface area contributed by atoms with E-state index in [0.29, 0.717) is 11.3 Å². The standard InChI is InChI=1S/C27H38F3NO5S/c1-15-8-7-9-19(27(28,29)30)10-11-21(16(2)12-20-14-37-18(4)31-20)36-23(33)13-22(32)26(5,6)25(35)17(3)24(15)34/h10,12,14-15,17,21-22,24,32,34H,7-9,11,13H2,1-6H3/b16-12+,19-10+/t15-,17+,21-,22-,24?/m0/s1. The first kappa shape index (κ1) is 31.2. The number of Topliss-reactive ketones (excluding diaryl/α,β-unsaturated/α-hetero) is 1. The summed E-state index contributed by atoms with van der Waals surface area (Å²) in [6.45, 7) is 9.73. The molecule has 1 aliphatic rings. The molecule has 1 aliphatic heterocycles. The molecule has 0 radical (unpaired) electrons. The molecule has 0 aliphatic carbocycles. The van der Waals surface area contributed by atoms with E-state index in [1.165, 1.54) is 32.1 Å². The summed E-state index contributed by atoms with van der Waals surface area (Å²) < 4.78 is 46.9. The fraction of sp³-hybridized carbons (Fsp3) is 0.667. The van der Waals surface area contributed by atoms with Crippen molar-refractivity contribution >= 4 is 29.2 Å². The van der Waals surface area contributed by atoms with Crippen molar-refractivity contribution in [3.8, 4) is 0 Å². The van der Waals surface area contributed by atoms with Crippen molar-refractivity contribution in [3.63, 3.8) is 0 Å². The van der Waals surface area contributed by atoms with E-state index in [4.69, 9.17) is 4.74 Å². The quantitative estimate of drug-likeness (QED) is 0.360. The Bertz CT molecular complexity index is 1010. The number of hydrogen-bond acceptors (Lipinski definition) is 7. The molecule has 2 rings (SSSR count). The van der Waals surface area contributed by atoms with Crippen LogP contribution in [0.15, 0.2) is 22.6 Å². The highest BCUT2D eigenvalue weighted by molar-refractivity contribution is 7.09. The molecule has 37 heavy (non-hydrogen) atoms. The van der Waals surface area contributed by atoms with Gasteiger partial charge in [-0.05, 0) is 50.7 Å². The number of esters is 1. The smallest absolute Gasteiger partial charge is 0.412 e. The fourth-order valence-electron chi connectivity index (χ4n) is 4.51. The van der Waals surface area contributed by atoms with Crippen LogP contribution in [0, 0.1) is 24.2 Å². The van der Waals surface area contributed by atoms with Gasteiger partial charge < -0.3 is 14.9 Å². The Balaban J connectivity index is 2.45. The van der Waals surface area contributed by atoms with Crippen LogP contribution >= 0.6 is 11.3 Å². The van der Waals surface area contributed by atoms with Crippen molar-refractivity contribution in [2.45, 2.75) is 98.1 Å². The number of ether oxygens (including phenoxy) is 1. The number of halogens is 3. The van der Waals surface area contributed by atoms with Crippen molar-refractivity contribution in [3.05, 3.63) is 33.3 Å². The molecule has 0 amide bonds. The van der Waals surface area contributed by atoms with Crippen LogP contribution in [0.1, 0.15) is 77.4 Å². The number of thiazole rings is 1. The van der Waals surface area contributed by atoms with Crippen LogP contribution in [0.25, 0.3) is 6.08 Å². The lowest BCUT2D eigenvalue weighted by atomic mass is 9.73. The third-order valence-corrected chi connectivity index (χ3v) is 7.97. The average Bonchev–Trinajstić information content (AvgIpc) is 3.21. The van der Waals surface area contributed by atoms with Crippen LogP contribution in [0.3, 0.4) is 0 Å². The van der Waals surface area contributed by atoms with E-state index >= 15 is 0 Å². The SMILES string of the molecule is C/C(=C\c1csc(C)n1)[C@@H]1C/C=C(/C(F)(F)F)CCC[C@H](C)C(O)[C@@H](C)C(=O)C(C)(C)[C@@H](O)CC(=O)O1. The molecule has 1 aromatic rings. The number of carbonyl (C=O) groups is 2. The van der Waals surface area contributed by atoms with E-state index in [-0.39, 0.29) is 25.7 Å². The van der Waals surface area contributed by atoms with E-state index in [0.717, 1.165) is 11.1 Å². The Morgan fingerprint density at radius 1 is 1.24 bits per heavy atom. The number of cyclic esters (lactones) is 1. The Hall–Kier alpha value is -2.04. The van der Waals surface area contributed by atoms with Gasteiger partial charge in [0.2, 0.25) is 0 Å². The summed E-state index contributed by atoms with van der Waals surface area (Å²) in [7, 11) is 0. The minimum absolute atomic E-state index is 0.161. The molecular weight excluding hydrogens is 507 g/mol. The Morgan fingerprint density at radius 2 is 1.89 bits per heavy atom. The minimum Gasteiger partial charge on any atom is -0.457 e. The Kier molecular flexibility index (Phi) is 10.7. The summed E-state index contributed by atoms with van der Waals surface area (Å²) in [5.41, 5.74) is -0.966. The lowest BCUT2D eigenvalue weighted by Gasteiger charge is -2.34. The first-order valence-electron chi connectivity index (χ1n) is 12.5. The van der Waals surface area contributed by atoms with E-state index < -0.39 is 65.5 Å². The Morgan fingerprint density at radius 3 is 2.46 bits per heavy atom. The molecule has 0 saturated heterocycles. The topological polar surface area (TPSA) is 96.7 Å². The molecule has 5 atom stereocenters. The number of ketones is 1. The third-order valence-electron chi connectivity index (χ3n) is 7.18. The molecule has 0 aromatic carbocycles. The van der Waals surface area contributed by atoms with Crippen LogP contribution in [0.5, 0.6) is 0 Å². The van der Waals surface area contributed by atoms with Gasteiger partial charge in [-0.2, -0.15) is 13.2 Å². The van der Waals surface area contributed by atoms with Crippen LogP contribution < -0.4 is 0 Å². The van der Waals surface area contributed by atoms with Crippen LogP contribution in [0.4, 0.5) is 13.2 Å². The first-order chi connectivity index (χ1) is 17.0. The van der Waals surface area contributed by atoms with E-state index in [1.807, 2.05) is 6.92 Å². The van der Waals surface area contributed by atoms with Gasteiger partial charge in [0.15, 0.2) is 0 Å². The molecule has 1 aromatic heterocycles. The van der Waals surface area contributed by atoms with Gasteiger partial charge in [-0.15, -0.1) is 11.3 Å². The number of allylic oxidation sites excluding steroid dienone is 1. The second-order valence-corrected chi connectivity index (χ2v) is 11.6. The summed E-state index contributed by atoms with van der Waals surface area (Å²) in [6, 6.07) is 0. The maximum absolute atomic E-state index is 13.8. The molecule has 1 unspecified atom stereocenters. The van der Waals surface area contributed by atoms with E-state index in [9.17, 15) is 33.0 Å². The number of aromatic nitrogens is 1. The van der Waals surface area contributed by atoms with Crippen LogP contribution in [-0.4, -0.2) is 51.4 Å².